The van der Waals surface area contributed by atoms with Crippen molar-refractivity contribution in [3.63, 3.8) is 0 Å². The molecule has 0 amide bonds. The van der Waals surface area contributed by atoms with Crippen molar-refractivity contribution < 1.29 is 0 Å². The molecule has 1 unspecified atom stereocenters. The molecule has 4 heteroatoms. The maximum absolute atomic E-state index is 6.32. The van der Waals surface area contributed by atoms with Crippen molar-refractivity contribution in [2.45, 2.75) is 32.2 Å². The van der Waals surface area contributed by atoms with E-state index in [1.165, 1.54) is 12.8 Å². The van der Waals surface area contributed by atoms with Gasteiger partial charge in [-0.25, -0.2) is 0 Å². The van der Waals surface area contributed by atoms with Gasteiger partial charge in [0.2, 0.25) is 0 Å². The van der Waals surface area contributed by atoms with Crippen LogP contribution in [-0.2, 0) is 0 Å². The first-order valence-corrected chi connectivity index (χ1v) is 6.70. The van der Waals surface area contributed by atoms with E-state index in [0.29, 0.717) is 5.96 Å². The number of guanidine groups is 1. The van der Waals surface area contributed by atoms with Gasteiger partial charge >= 0.3 is 0 Å². The van der Waals surface area contributed by atoms with Crippen molar-refractivity contribution in [2.24, 2.45) is 16.1 Å². The Hall–Kier alpha value is -1.22. The molecule has 2 aliphatic rings. The predicted octanol–water partition coefficient (Wildman–Crippen LogP) is 3.03. The highest BCUT2D eigenvalue weighted by Crippen LogP contribution is 2.58. The number of aliphatic imine (C=N–C) groups is 1. The van der Waals surface area contributed by atoms with Crippen LogP contribution in [0.25, 0.3) is 0 Å². The van der Waals surface area contributed by atoms with Crippen molar-refractivity contribution in [2.75, 3.05) is 11.4 Å². The van der Waals surface area contributed by atoms with Gasteiger partial charge in [0.1, 0.15) is 0 Å². The highest BCUT2D eigenvalue weighted by molar-refractivity contribution is 6.34. The van der Waals surface area contributed by atoms with Crippen molar-refractivity contribution in [3.05, 3.63) is 29.3 Å². The Morgan fingerprint density at radius 2 is 1.94 bits per heavy atom. The average Bonchev–Trinajstić information content (AvgIpc) is 3.02. The van der Waals surface area contributed by atoms with Crippen LogP contribution in [0.3, 0.4) is 0 Å². The number of hydrogen-bond donors (Lipinski definition) is 1. The third-order valence-corrected chi connectivity index (χ3v) is 4.98. The SMILES string of the molecule is CC1(C2(C)CN=C(N)N2c2ccccc2Cl)CC1. The molecule has 1 fully saturated rings. The van der Waals surface area contributed by atoms with Crippen LogP contribution in [0.15, 0.2) is 29.3 Å². The van der Waals surface area contributed by atoms with Gasteiger partial charge in [0.05, 0.1) is 22.8 Å². The molecular formula is C14H18ClN3. The molecule has 3 nitrogen and oxygen atoms in total. The summed E-state index contributed by atoms with van der Waals surface area (Å²) in [6.07, 6.45) is 2.46. The second-order valence-corrected chi connectivity index (χ2v) is 6.20. The number of rotatable bonds is 2. The zero-order chi connectivity index (χ0) is 13.0. The van der Waals surface area contributed by atoms with Crippen LogP contribution in [-0.4, -0.2) is 18.0 Å². The van der Waals surface area contributed by atoms with Crippen LogP contribution in [0.5, 0.6) is 0 Å². The monoisotopic (exact) mass is 263 g/mol. The number of halogens is 1. The molecule has 1 atom stereocenters. The Morgan fingerprint density at radius 1 is 1.28 bits per heavy atom. The summed E-state index contributed by atoms with van der Waals surface area (Å²) < 4.78 is 0. The van der Waals surface area contributed by atoms with E-state index >= 15 is 0 Å². The zero-order valence-corrected chi connectivity index (χ0v) is 11.5. The highest BCUT2D eigenvalue weighted by Gasteiger charge is 2.59. The average molecular weight is 264 g/mol. The molecule has 0 bridgehead atoms. The summed E-state index contributed by atoms with van der Waals surface area (Å²) in [5.41, 5.74) is 7.30. The Balaban J connectivity index is 2.08. The molecule has 1 saturated carbocycles. The van der Waals surface area contributed by atoms with Crippen LogP contribution < -0.4 is 10.6 Å². The highest BCUT2D eigenvalue weighted by atomic mass is 35.5. The van der Waals surface area contributed by atoms with Crippen molar-refractivity contribution in [1.82, 2.24) is 0 Å². The third-order valence-electron chi connectivity index (χ3n) is 4.67. The lowest BCUT2D eigenvalue weighted by Crippen LogP contribution is -2.55. The fourth-order valence-corrected chi connectivity index (χ4v) is 3.06. The molecule has 96 valence electrons. The van der Waals surface area contributed by atoms with E-state index in [9.17, 15) is 0 Å². The number of benzene rings is 1. The molecule has 3 rings (SSSR count). The quantitative estimate of drug-likeness (QED) is 0.891. The van der Waals surface area contributed by atoms with E-state index in [4.69, 9.17) is 17.3 Å². The zero-order valence-electron chi connectivity index (χ0n) is 10.8. The molecule has 1 aromatic rings. The minimum Gasteiger partial charge on any atom is -0.369 e. The Bertz CT molecular complexity index is 522. The normalized spacial score (nSPS) is 29.3. The summed E-state index contributed by atoms with van der Waals surface area (Å²) in [7, 11) is 0. The molecule has 18 heavy (non-hydrogen) atoms. The van der Waals surface area contributed by atoms with E-state index in [-0.39, 0.29) is 11.0 Å². The number of para-hydroxylation sites is 1. The standard InChI is InChI=1S/C14H18ClN3/c1-13(7-8-13)14(2)9-17-12(16)18(14)11-6-4-3-5-10(11)15/h3-6H,7-9H2,1-2H3,(H2,16,17). The lowest BCUT2D eigenvalue weighted by atomic mass is 9.82. The van der Waals surface area contributed by atoms with Crippen LogP contribution >= 0.6 is 11.6 Å². The molecular weight excluding hydrogens is 246 g/mol. The summed E-state index contributed by atoms with van der Waals surface area (Å²) >= 11 is 6.32. The fourth-order valence-electron chi connectivity index (χ4n) is 2.84. The van der Waals surface area contributed by atoms with Gasteiger partial charge in [-0.05, 0) is 37.3 Å². The third kappa shape index (κ3) is 1.46. The maximum atomic E-state index is 6.32. The van der Waals surface area contributed by atoms with Crippen LogP contribution in [0.2, 0.25) is 5.02 Å². The number of nitrogens with zero attached hydrogens (tertiary/aromatic N) is 2. The smallest absolute Gasteiger partial charge is 0.196 e. The Kier molecular flexibility index (Phi) is 2.39. The van der Waals surface area contributed by atoms with Gasteiger partial charge in [-0.3, -0.25) is 4.99 Å². The number of anilines is 1. The van der Waals surface area contributed by atoms with Gasteiger partial charge in [-0.15, -0.1) is 0 Å². The second kappa shape index (κ2) is 3.64. The van der Waals surface area contributed by atoms with Gasteiger partial charge in [0.15, 0.2) is 5.96 Å². The first-order valence-electron chi connectivity index (χ1n) is 6.33. The van der Waals surface area contributed by atoms with Gasteiger partial charge < -0.3 is 10.6 Å². The van der Waals surface area contributed by atoms with E-state index in [0.717, 1.165) is 17.3 Å². The topological polar surface area (TPSA) is 41.6 Å². The van der Waals surface area contributed by atoms with E-state index in [1.807, 2.05) is 24.3 Å². The summed E-state index contributed by atoms with van der Waals surface area (Å²) in [4.78, 5) is 6.58. The molecule has 1 aliphatic carbocycles. The largest absolute Gasteiger partial charge is 0.369 e. The molecule has 2 N–H and O–H groups in total. The van der Waals surface area contributed by atoms with E-state index < -0.39 is 0 Å². The van der Waals surface area contributed by atoms with Gasteiger partial charge in [-0.2, -0.15) is 0 Å². The van der Waals surface area contributed by atoms with Gasteiger partial charge in [0.25, 0.3) is 0 Å². The molecule has 0 aromatic heterocycles. The molecule has 0 spiro atoms. The molecule has 1 heterocycles. The first-order chi connectivity index (χ1) is 8.48. The van der Waals surface area contributed by atoms with Crippen LogP contribution in [0, 0.1) is 5.41 Å². The summed E-state index contributed by atoms with van der Waals surface area (Å²) in [6.45, 7) is 5.30. The van der Waals surface area contributed by atoms with E-state index in [1.54, 1.807) is 0 Å². The molecule has 0 radical (unpaired) electrons. The lowest BCUT2D eigenvalue weighted by molar-refractivity contribution is 0.318. The van der Waals surface area contributed by atoms with Crippen molar-refractivity contribution in [1.29, 1.82) is 0 Å². The van der Waals surface area contributed by atoms with Crippen molar-refractivity contribution in [3.8, 4) is 0 Å². The Morgan fingerprint density at radius 3 is 2.56 bits per heavy atom. The van der Waals surface area contributed by atoms with Crippen LogP contribution in [0.4, 0.5) is 5.69 Å². The lowest BCUT2D eigenvalue weighted by Gasteiger charge is -2.41. The number of nitrogens with two attached hydrogens (primary N) is 1. The van der Waals surface area contributed by atoms with Crippen molar-refractivity contribution >= 4 is 23.2 Å². The summed E-state index contributed by atoms with van der Waals surface area (Å²) in [6, 6.07) is 7.84. The number of hydrogen-bond acceptors (Lipinski definition) is 3. The fraction of sp³-hybridized carbons (Fsp3) is 0.500. The van der Waals surface area contributed by atoms with Crippen LogP contribution in [0.1, 0.15) is 26.7 Å². The Labute approximate surface area is 113 Å². The van der Waals surface area contributed by atoms with Gasteiger partial charge in [-0.1, -0.05) is 30.7 Å². The summed E-state index contributed by atoms with van der Waals surface area (Å²) in [5, 5.41) is 0.730. The van der Waals surface area contributed by atoms with Gasteiger partial charge in [0, 0.05) is 0 Å². The minimum atomic E-state index is -0.0535. The first kappa shape index (κ1) is 11.8. The molecule has 1 aliphatic heterocycles. The molecule has 0 saturated heterocycles. The maximum Gasteiger partial charge on any atom is 0.196 e. The molecule has 1 aromatic carbocycles. The minimum absolute atomic E-state index is 0.0535. The predicted molar refractivity (Wildman–Crippen MR) is 76.2 cm³/mol. The second-order valence-electron chi connectivity index (χ2n) is 5.80. The summed E-state index contributed by atoms with van der Waals surface area (Å²) in [5.74, 6) is 0.582. The van der Waals surface area contributed by atoms with E-state index in [2.05, 4.69) is 23.7 Å².